The number of methoxy groups -OCH3 is 2. The second-order valence-electron chi connectivity index (χ2n) is 6.67. The largest absolute Gasteiger partial charge is 0.493 e. The lowest BCUT2D eigenvalue weighted by atomic mass is 10.1. The quantitative estimate of drug-likeness (QED) is 0.502. The summed E-state index contributed by atoms with van der Waals surface area (Å²) in [6.45, 7) is 2.02. The molecule has 0 radical (unpaired) electrons. The highest BCUT2D eigenvalue weighted by molar-refractivity contribution is 7.98. The van der Waals surface area contributed by atoms with Crippen LogP contribution in [0, 0.1) is 6.92 Å². The molecule has 0 aliphatic heterocycles. The fourth-order valence-corrected chi connectivity index (χ4v) is 3.87. The van der Waals surface area contributed by atoms with Gasteiger partial charge in [0.1, 0.15) is 0 Å². The lowest BCUT2D eigenvalue weighted by Gasteiger charge is -2.12. The van der Waals surface area contributed by atoms with Gasteiger partial charge >= 0.3 is 0 Å². The van der Waals surface area contributed by atoms with Gasteiger partial charge in [-0.1, -0.05) is 36.4 Å². The average Bonchev–Trinajstić information content (AvgIpc) is 2.74. The van der Waals surface area contributed by atoms with E-state index in [0.717, 1.165) is 22.6 Å². The van der Waals surface area contributed by atoms with Crippen LogP contribution in [-0.2, 0) is 17.0 Å². The van der Waals surface area contributed by atoms with Crippen molar-refractivity contribution in [3.05, 3.63) is 83.4 Å². The van der Waals surface area contributed by atoms with Crippen molar-refractivity contribution in [2.45, 2.75) is 24.0 Å². The number of amides is 1. The van der Waals surface area contributed by atoms with E-state index in [-0.39, 0.29) is 12.3 Å². The van der Waals surface area contributed by atoms with Crippen molar-refractivity contribution in [1.82, 2.24) is 0 Å². The number of rotatable bonds is 8. The van der Waals surface area contributed by atoms with E-state index >= 15 is 0 Å². The smallest absolute Gasteiger partial charge is 0.228 e. The Morgan fingerprint density at radius 2 is 1.62 bits per heavy atom. The molecule has 0 aliphatic carbocycles. The number of benzene rings is 3. The van der Waals surface area contributed by atoms with Gasteiger partial charge in [0.15, 0.2) is 11.5 Å². The van der Waals surface area contributed by atoms with Crippen molar-refractivity contribution in [1.29, 1.82) is 0 Å². The Morgan fingerprint density at radius 3 is 2.31 bits per heavy atom. The van der Waals surface area contributed by atoms with E-state index in [1.165, 1.54) is 10.5 Å². The summed E-state index contributed by atoms with van der Waals surface area (Å²) < 4.78 is 10.5. The molecule has 0 saturated heterocycles. The molecule has 3 aromatic rings. The van der Waals surface area contributed by atoms with Gasteiger partial charge in [-0.25, -0.2) is 0 Å². The molecule has 3 aromatic carbocycles. The fourth-order valence-electron chi connectivity index (χ4n) is 3.01. The minimum atomic E-state index is -0.0632. The first-order valence-electron chi connectivity index (χ1n) is 9.37. The monoisotopic (exact) mass is 407 g/mol. The maximum atomic E-state index is 12.5. The van der Waals surface area contributed by atoms with Crippen LogP contribution in [0.15, 0.2) is 71.6 Å². The molecule has 29 heavy (non-hydrogen) atoms. The molecule has 0 spiro atoms. The van der Waals surface area contributed by atoms with E-state index in [4.69, 9.17) is 9.47 Å². The standard InChI is InChI=1S/C24H25NO3S/c1-17-13-19(16-29-20-7-5-4-6-8-20)9-11-21(17)25-24(26)15-18-10-12-22(27-2)23(14-18)28-3/h4-14H,15-16H2,1-3H3,(H,25,26). The average molecular weight is 408 g/mol. The molecular formula is C24H25NO3S. The number of ether oxygens (including phenoxy) is 2. The first-order chi connectivity index (χ1) is 14.1. The minimum absolute atomic E-state index is 0.0632. The molecule has 1 amide bonds. The van der Waals surface area contributed by atoms with Crippen LogP contribution < -0.4 is 14.8 Å². The van der Waals surface area contributed by atoms with Crippen LogP contribution >= 0.6 is 11.8 Å². The second kappa shape index (κ2) is 10.0. The molecule has 0 aromatic heterocycles. The molecule has 3 rings (SSSR count). The van der Waals surface area contributed by atoms with Gasteiger partial charge < -0.3 is 14.8 Å². The molecule has 0 fully saturated rings. The van der Waals surface area contributed by atoms with Crippen LogP contribution in [0.1, 0.15) is 16.7 Å². The first kappa shape index (κ1) is 20.8. The molecule has 0 atom stereocenters. The molecule has 5 heteroatoms. The third-order valence-electron chi connectivity index (χ3n) is 4.53. The summed E-state index contributed by atoms with van der Waals surface area (Å²) in [5, 5.41) is 3.01. The van der Waals surface area contributed by atoms with Gasteiger partial charge in [-0.15, -0.1) is 11.8 Å². The van der Waals surface area contributed by atoms with Gasteiger partial charge in [0.25, 0.3) is 0 Å². The Labute approximate surface area is 176 Å². The Kier molecular flexibility index (Phi) is 7.19. The first-order valence-corrected chi connectivity index (χ1v) is 10.4. The summed E-state index contributed by atoms with van der Waals surface area (Å²) in [6.07, 6.45) is 0.269. The number of aryl methyl sites for hydroxylation is 1. The van der Waals surface area contributed by atoms with Crippen molar-refractivity contribution in [2.75, 3.05) is 19.5 Å². The molecule has 0 saturated carbocycles. The molecule has 0 aliphatic rings. The number of carbonyl (C=O) groups excluding carboxylic acids is 1. The number of thioether (sulfide) groups is 1. The summed E-state index contributed by atoms with van der Waals surface area (Å²) in [5.41, 5.74) is 3.99. The number of anilines is 1. The van der Waals surface area contributed by atoms with E-state index < -0.39 is 0 Å². The molecular weight excluding hydrogens is 382 g/mol. The van der Waals surface area contributed by atoms with Crippen molar-refractivity contribution in [3.8, 4) is 11.5 Å². The molecule has 1 N–H and O–H groups in total. The summed E-state index contributed by atoms with van der Waals surface area (Å²) in [5.74, 6) is 2.10. The lowest BCUT2D eigenvalue weighted by Crippen LogP contribution is -2.15. The van der Waals surface area contributed by atoms with E-state index in [0.29, 0.717) is 11.5 Å². The molecule has 0 bridgehead atoms. The van der Waals surface area contributed by atoms with Gasteiger partial charge in [-0.2, -0.15) is 0 Å². The van der Waals surface area contributed by atoms with E-state index in [1.807, 2.05) is 49.4 Å². The zero-order valence-corrected chi connectivity index (χ0v) is 17.7. The number of carbonyl (C=O) groups is 1. The third kappa shape index (κ3) is 5.78. The van der Waals surface area contributed by atoms with E-state index in [2.05, 4.69) is 29.6 Å². The Hall–Kier alpha value is -2.92. The number of hydrogen-bond donors (Lipinski definition) is 1. The molecule has 4 nitrogen and oxygen atoms in total. The van der Waals surface area contributed by atoms with E-state index in [9.17, 15) is 4.79 Å². The van der Waals surface area contributed by atoms with Crippen LogP contribution in [0.25, 0.3) is 0 Å². The van der Waals surface area contributed by atoms with Crippen molar-refractivity contribution >= 4 is 23.4 Å². The van der Waals surface area contributed by atoms with Gasteiger partial charge in [-0.05, 0) is 53.9 Å². The zero-order chi connectivity index (χ0) is 20.6. The number of nitrogens with one attached hydrogen (secondary N) is 1. The van der Waals surface area contributed by atoms with Crippen molar-refractivity contribution < 1.29 is 14.3 Å². The fraction of sp³-hybridized carbons (Fsp3) is 0.208. The van der Waals surface area contributed by atoms with E-state index in [1.54, 1.807) is 26.0 Å². The Bertz CT molecular complexity index is 973. The highest BCUT2D eigenvalue weighted by atomic mass is 32.2. The highest BCUT2D eigenvalue weighted by Crippen LogP contribution is 2.28. The van der Waals surface area contributed by atoms with Crippen molar-refractivity contribution in [2.24, 2.45) is 0 Å². The van der Waals surface area contributed by atoms with Gasteiger partial charge in [0, 0.05) is 16.3 Å². The minimum Gasteiger partial charge on any atom is -0.493 e. The Morgan fingerprint density at radius 1 is 0.897 bits per heavy atom. The van der Waals surface area contributed by atoms with Gasteiger partial charge in [-0.3, -0.25) is 4.79 Å². The lowest BCUT2D eigenvalue weighted by molar-refractivity contribution is -0.115. The third-order valence-corrected chi connectivity index (χ3v) is 5.61. The highest BCUT2D eigenvalue weighted by Gasteiger charge is 2.10. The maximum Gasteiger partial charge on any atom is 0.228 e. The van der Waals surface area contributed by atoms with Gasteiger partial charge in [0.2, 0.25) is 5.91 Å². The summed E-state index contributed by atoms with van der Waals surface area (Å²) >= 11 is 1.80. The Balaban J connectivity index is 1.60. The predicted molar refractivity (Wildman–Crippen MR) is 119 cm³/mol. The maximum absolute atomic E-state index is 12.5. The van der Waals surface area contributed by atoms with Crippen LogP contribution in [0.2, 0.25) is 0 Å². The van der Waals surface area contributed by atoms with Crippen LogP contribution in [0.5, 0.6) is 11.5 Å². The molecule has 0 heterocycles. The van der Waals surface area contributed by atoms with Crippen LogP contribution in [-0.4, -0.2) is 20.1 Å². The second-order valence-corrected chi connectivity index (χ2v) is 7.71. The summed E-state index contributed by atoms with van der Waals surface area (Å²) in [4.78, 5) is 13.7. The SMILES string of the molecule is COc1ccc(CC(=O)Nc2ccc(CSc3ccccc3)cc2C)cc1OC. The normalized spacial score (nSPS) is 10.4. The topological polar surface area (TPSA) is 47.6 Å². The predicted octanol–water partition coefficient (Wildman–Crippen LogP) is 5.49. The molecule has 150 valence electrons. The van der Waals surface area contributed by atoms with Crippen LogP contribution in [0.3, 0.4) is 0 Å². The van der Waals surface area contributed by atoms with Gasteiger partial charge in [0.05, 0.1) is 20.6 Å². The van der Waals surface area contributed by atoms with Crippen LogP contribution in [0.4, 0.5) is 5.69 Å². The van der Waals surface area contributed by atoms with Crippen molar-refractivity contribution in [3.63, 3.8) is 0 Å². The summed E-state index contributed by atoms with van der Waals surface area (Å²) in [7, 11) is 3.18. The number of hydrogen-bond acceptors (Lipinski definition) is 4. The molecule has 0 unspecified atom stereocenters. The zero-order valence-electron chi connectivity index (χ0n) is 16.9. The summed E-state index contributed by atoms with van der Waals surface area (Å²) in [6, 6.07) is 22.0.